The summed E-state index contributed by atoms with van der Waals surface area (Å²) in [5.41, 5.74) is -0.913. The molecule has 1 aromatic carbocycles. The molecule has 1 unspecified atom stereocenters. The third-order valence-electron chi connectivity index (χ3n) is 2.27. The van der Waals surface area contributed by atoms with Crippen molar-refractivity contribution in [1.82, 2.24) is 5.32 Å². The Balaban J connectivity index is 3.27. The van der Waals surface area contributed by atoms with Crippen LogP contribution in [0.25, 0.3) is 0 Å². The fourth-order valence-electron chi connectivity index (χ4n) is 1.45. The number of nitrogens with one attached hydrogen (secondary N) is 1. The number of carbonyl (C=O) groups is 2. The van der Waals surface area contributed by atoms with Crippen LogP contribution in [0.15, 0.2) is 28.7 Å². The molecule has 4 nitrogen and oxygen atoms in total. The molecule has 0 aromatic heterocycles. The van der Waals surface area contributed by atoms with Crippen molar-refractivity contribution in [2.75, 3.05) is 0 Å². The van der Waals surface area contributed by atoms with Crippen LogP contribution in [0.2, 0.25) is 0 Å². The summed E-state index contributed by atoms with van der Waals surface area (Å²) in [5, 5.41) is 11.7. The van der Waals surface area contributed by atoms with Gasteiger partial charge in [0.25, 0.3) is 0 Å². The smallest absolute Gasteiger partial charge is 0.333 e. The minimum absolute atomic E-state index is 0.388. The van der Waals surface area contributed by atoms with Gasteiger partial charge in [-0.2, -0.15) is 0 Å². The maximum absolute atomic E-state index is 11.3. The van der Waals surface area contributed by atoms with Crippen LogP contribution in [0.1, 0.15) is 19.4 Å². The van der Waals surface area contributed by atoms with Crippen LogP contribution in [-0.4, -0.2) is 17.0 Å². The molecule has 1 aromatic rings. The summed E-state index contributed by atoms with van der Waals surface area (Å²) in [6, 6.07) is 6.90. The first-order valence-corrected chi connectivity index (χ1v) is 5.44. The quantitative estimate of drug-likeness (QED) is 0.891. The van der Waals surface area contributed by atoms with E-state index >= 15 is 0 Å². The molecule has 0 saturated carbocycles. The van der Waals surface area contributed by atoms with E-state index in [-0.39, 0.29) is 5.91 Å². The molecule has 1 rings (SSSR count). The summed E-state index contributed by atoms with van der Waals surface area (Å²) in [7, 11) is 0. The molecule has 0 spiro atoms. The summed E-state index contributed by atoms with van der Waals surface area (Å²) in [6.45, 7) is 2.74. The fraction of sp³-hybridized carbons (Fsp3) is 0.273. The Hall–Kier alpha value is -1.36. The Kier molecular flexibility index (Phi) is 3.70. The van der Waals surface area contributed by atoms with Gasteiger partial charge in [-0.05, 0) is 13.0 Å². The summed E-state index contributed by atoms with van der Waals surface area (Å²) < 4.78 is 0.647. The zero-order valence-electron chi connectivity index (χ0n) is 8.95. The molecule has 0 heterocycles. The van der Waals surface area contributed by atoms with E-state index in [1.807, 2.05) is 0 Å². The van der Waals surface area contributed by atoms with Gasteiger partial charge in [-0.15, -0.1) is 0 Å². The molecular formula is C11H12BrNO3. The second kappa shape index (κ2) is 4.65. The van der Waals surface area contributed by atoms with Crippen molar-refractivity contribution in [3.05, 3.63) is 34.3 Å². The van der Waals surface area contributed by atoms with E-state index in [2.05, 4.69) is 21.2 Å². The van der Waals surface area contributed by atoms with Gasteiger partial charge in [-0.1, -0.05) is 34.1 Å². The van der Waals surface area contributed by atoms with Gasteiger partial charge in [0.15, 0.2) is 5.54 Å². The highest BCUT2D eigenvalue weighted by Crippen LogP contribution is 2.28. The molecule has 0 fully saturated rings. The Bertz CT molecular complexity index is 433. The summed E-state index contributed by atoms with van der Waals surface area (Å²) in [4.78, 5) is 22.3. The number of aliphatic carboxylic acids is 1. The van der Waals surface area contributed by atoms with Gasteiger partial charge >= 0.3 is 5.97 Å². The monoisotopic (exact) mass is 285 g/mol. The first-order valence-electron chi connectivity index (χ1n) is 4.65. The Morgan fingerprint density at radius 3 is 2.38 bits per heavy atom. The molecule has 1 amide bonds. The zero-order valence-corrected chi connectivity index (χ0v) is 10.5. The lowest BCUT2D eigenvalue weighted by Gasteiger charge is -2.27. The van der Waals surface area contributed by atoms with E-state index in [4.69, 9.17) is 0 Å². The lowest BCUT2D eigenvalue weighted by atomic mass is 9.92. The topological polar surface area (TPSA) is 66.4 Å². The Morgan fingerprint density at radius 1 is 1.38 bits per heavy atom. The Morgan fingerprint density at radius 2 is 1.94 bits per heavy atom. The predicted octanol–water partition coefficient (Wildman–Crippen LogP) is 1.89. The van der Waals surface area contributed by atoms with Crippen molar-refractivity contribution < 1.29 is 14.7 Å². The SMILES string of the molecule is CC(=O)NC(C)(C(=O)O)c1ccccc1Br. The molecule has 86 valence electrons. The third-order valence-corrected chi connectivity index (χ3v) is 2.96. The van der Waals surface area contributed by atoms with Crippen LogP contribution in [0.5, 0.6) is 0 Å². The molecule has 1 atom stereocenters. The van der Waals surface area contributed by atoms with Crippen LogP contribution >= 0.6 is 15.9 Å². The fourth-order valence-corrected chi connectivity index (χ4v) is 2.14. The van der Waals surface area contributed by atoms with E-state index in [0.29, 0.717) is 10.0 Å². The molecular weight excluding hydrogens is 274 g/mol. The Labute approximate surface area is 102 Å². The largest absolute Gasteiger partial charge is 0.479 e. The minimum Gasteiger partial charge on any atom is -0.479 e. The third kappa shape index (κ3) is 2.41. The van der Waals surface area contributed by atoms with Gasteiger partial charge in [0, 0.05) is 17.0 Å². The number of hydrogen-bond donors (Lipinski definition) is 2. The molecule has 2 N–H and O–H groups in total. The average molecular weight is 286 g/mol. The van der Waals surface area contributed by atoms with Gasteiger partial charge in [0.05, 0.1) is 0 Å². The summed E-state index contributed by atoms with van der Waals surface area (Å²) in [6.07, 6.45) is 0. The average Bonchev–Trinajstić information content (AvgIpc) is 2.16. The van der Waals surface area contributed by atoms with Gasteiger partial charge in [-0.3, -0.25) is 4.79 Å². The number of benzene rings is 1. The lowest BCUT2D eigenvalue weighted by molar-refractivity contribution is -0.147. The van der Waals surface area contributed by atoms with Gasteiger partial charge in [-0.25, -0.2) is 4.79 Å². The van der Waals surface area contributed by atoms with Crippen molar-refractivity contribution >= 4 is 27.8 Å². The van der Waals surface area contributed by atoms with Crippen LogP contribution in [0.4, 0.5) is 0 Å². The van der Waals surface area contributed by atoms with Crippen molar-refractivity contribution in [2.45, 2.75) is 19.4 Å². The number of amides is 1. The van der Waals surface area contributed by atoms with Crippen LogP contribution in [-0.2, 0) is 15.1 Å². The number of hydrogen-bond acceptors (Lipinski definition) is 2. The first-order chi connectivity index (χ1) is 7.38. The predicted molar refractivity (Wildman–Crippen MR) is 62.9 cm³/mol. The molecule has 0 aliphatic heterocycles. The molecule has 0 saturated heterocycles. The zero-order chi connectivity index (χ0) is 12.3. The van der Waals surface area contributed by atoms with Crippen LogP contribution in [0, 0.1) is 0 Å². The second-order valence-corrected chi connectivity index (χ2v) is 4.45. The summed E-state index contributed by atoms with van der Waals surface area (Å²) in [5.74, 6) is -1.49. The van der Waals surface area contributed by atoms with E-state index in [9.17, 15) is 14.7 Å². The van der Waals surface area contributed by atoms with E-state index in [1.165, 1.54) is 13.8 Å². The molecule has 0 bridgehead atoms. The molecule has 0 aliphatic carbocycles. The number of rotatable bonds is 3. The van der Waals surface area contributed by atoms with Gasteiger partial charge < -0.3 is 10.4 Å². The number of halogens is 1. The molecule has 0 aliphatic rings. The number of carboxylic acid groups (broad SMARTS) is 1. The van der Waals surface area contributed by atoms with E-state index < -0.39 is 11.5 Å². The highest BCUT2D eigenvalue weighted by molar-refractivity contribution is 9.10. The van der Waals surface area contributed by atoms with Crippen molar-refractivity contribution in [3.8, 4) is 0 Å². The lowest BCUT2D eigenvalue weighted by Crippen LogP contribution is -2.49. The molecule has 0 radical (unpaired) electrons. The standard InChI is InChI=1S/C11H12BrNO3/c1-7(14)13-11(2,10(15)16)8-5-3-4-6-9(8)12/h3-6H,1-2H3,(H,13,14)(H,15,16). The first kappa shape index (κ1) is 12.7. The number of carbonyl (C=O) groups excluding carboxylic acids is 1. The highest BCUT2D eigenvalue weighted by Gasteiger charge is 2.37. The van der Waals surface area contributed by atoms with E-state index in [1.54, 1.807) is 24.3 Å². The van der Waals surface area contributed by atoms with Gasteiger partial charge in [0.1, 0.15) is 0 Å². The second-order valence-electron chi connectivity index (χ2n) is 3.59. The molecule has 16 heavy (non-hydrogen) atoms. The minimum atomic E-state index is -1.42. The maximum atomic E-state index is 11.3. The van der Waals surface area contributed by atoms with Crippen molar-refractivity contribution in [1.29, 1.82) is 0 Å². The van der Waals surface area contributed by atoms with Crippen LogP contribution < -0.4 is 5.32 Å². The van der Waals surface area contributed by atoms with Gasteiger partial charge in [0.2, 0.25) is 5.91 Å². The normalized spacial score (nSPS) is 13.9. The summed E-state index contributed by atoms with van der Waals surface area (Å²) >= 11 is 3.28. The van der Waals surface area contributed by atoms with Crippen LogP contribution in [0.3, 0.4) is 0 Å². The highest BCUT2D eigenvalue weighted by atomic mass is 79.9. The van der Waals surface area contributed by atoms with Crippen molar-refractivity contribution in [3.63, 3.8) is 0 Å². The van der Waals surface area contributed by atoms with E-state index in [0.717, 1.165) is 0 Å². The number of carboxylic acids is 1. The molecule has 5 heteroatoms. The maximum Gasteiger partial charge on any atom is 0.333 e. The van der Waals surface area contributed by atoms with Crippen molar-refractivity contribution in [2.24, 2.45) is 0 Å².